The van der Waals surface area contributed by atoms with E-state index in [0.717, 1.165) is 23.2 Å². The molecule has 0 saturated heterocycles. The topological polar surface area (TPSA) is 40.5 Å². The maximum absolute atomic E-state index is 11.1. The van der Waals surface area contributed by atoms with Crippen LogP contribution in [0.2, 0.25) is 6.04 Å². The van der Waals surface area contributed by atoms with Crippen LogP contribution in [0.3, 0.4) is 0 Å². The second-order valence-corrected chi connectivity index (χ2v) is 11.9. The summed E-state index contributed by atoms with van der Waals surface area (Å²) in [5.41, 5.74) is 0.976. The Labute approximate surface area is 185 Å². The van der Waals surface area contributed by atoms with Crippen molar-refractivity contribution in [3.8, 4) is 11.5 Å². The van der Waals surface area contributed by atoms with E-state index < -0.39 is 8.07 Å². The number of phenols is 2. The van der Waals surface area contributed by atoms with Crippen molar-refractivity contribution in [1.29, 1.82) is 0 Å². The number of phenolic OH excluding ortho intramolecular Hbond substituents is 2. The molecule has 4 rings (SSSR count). The molecule has 0 spiro atoms. The minimum atomic E-state index is -2.62. The highest BCUT2D eigenvalue weighted by Crippen LogP contribution is 2.35. The molecule has 0 saturated carbocycles. The lowest BCUT2D eigenvalue weighted by Gasteiger charge is -2.37. The van der Waals surface area contributed by atoms with Crippen LogP contribution in [-0.2, 0) is 0 Å². The van der Waals surface area contributed by atoms with Crippen LogP contribution in [0.5, 0.6) is 11.5 Å². The predicted molar refractivity (Wildman–Crippen MR) is 132 cm³/mol. The summed E-state index contributed by atoms with van der Waals surface area (Å²) in [6.07, 6.45) is 0.902. The minimum Gasteiger partial charge on any atom is -0.508 e. The Hall–Kier alpha value is -3.30. The molecule has 0 bridgehead atoms. The lowest BCUT2D eigenvalue weighted by atomic mass is 9.97. The number of hydrogen-bond acceptors (Lipinski definition) is 2. The molecule has 0 heterocycles. The van der Waals surface area contributed by atoms with Gasteiger partial charge in [0.05, 0.1) is 0 Å². The number of para-hydroxylation sites is 2. The van der Waals surface area contributed by atoms with Gasteiger partial charge in [0.25, 0.3) is 0 Å². The van der Waals surface area contributed by atoms with E-state index >= 15 is 0 Å². The van der Waals surface area contributed by atoms with Gasteiger partial charge in [0.15, 0.2) is 8.07 Å². The van der Waals surface area contributed by atoms with E-state index in [1.807, 2.05) is 42.5 Å². The van der Waals surface area contributed by atoms with Crippen LogP contribution in [0.15, 0.2) is 109 Å². The van der Waals surface area contributed by atoms with Crippen molar-refractivity contribution < 1.29 is 10.2 Å². The first-order chi connectivity index (χ1) is 15.2. The maximum atomic E-state index is 11.1. The molecule has 1 atom stereocenters. The average Bonchev–Trinajstić information content (AvgIpc) is 2.83. The number of rotatable bonds is 7. The molecule has 0 aliphatic carbocycles. The van der Waals surface area contributed by atoms with Crippen LogP contribution in [0.4, 0.5) is 0 Å². The summed E-state index contributed by atoms with van der Waals surface area (Å²) in [5, 5.41) is 25.2. The standard InChI is InChI=1S/C28H28O2Si/c1-2-22(25-17-9-10-18-26(25)29)21-31(23-13-5-3-6-14-23,24-15-7-4-8-16-24)28-20-12-11-19-27(28)30/h3-20,22,29-30H,2,21H2,1H3. The van der Waals surface area contributed by atoms with E-state index in [1.165, 1.54) is 10.4 Å². The van der Waals surface area contributed by atoms with Crippen LogP contribution in [0, 0.1) is 0 Å². The summed E-state index contributed by atoms with van der Waals surface area (Å²) in [4.78, 5) is 0. The summed E-state index contributed by atoms with van der Waals surface area (Å²) >= 11 is 0. The normalized spacial score (nSPS) is 12.4. The highest BCUT2D eigenvalue weighted by molar-refractivity contribution is 7.12. The van der Waals surface area contributed by atoms with Gasteiger partial charge in [-0.2, -0.15) is 0 Å². The molecule has 0 amide bonds. The summed E-state index contributed by atoms with van der Waals surface area (Å²) in [6.45, 7) is 2.18. The molecule has 0 aliphatic rings. The van der Waals surface area contributed by atoms with Gasteiger partial charge in [0.2, 0.25) is 0 Å². The van der Waals surface area contributed by atoms with E-state index in [1.54, 1.807) is 12.1 Å². The van der Waals surface area contributed by atoms with Crippen molar-refractivity contribution in [2.75, 3.05) is 0 Å². The predicted octanol–water partition coefficient (Wildman–Crippen LogP) is 4.76. The highest BCUT2D eigenvalue weighted by Gasteiger charge is 2.43. The SMILES string of the molecule is CCC(C[Si](c1ccccc1)(c1ccccc1)c1ccccc1O)c1ccccc1O. The van der Waals surface area contributed by atoms with Crippen molar-refractivity contribution in [2.24, 2.45) is 0 Å². The molecule has 4 aromatic rings. The Balaban J connectivity index is 2.00. The van der Waals surface area contributed by atoms with Gasteiger partial charge < -0.3 is 10.2 Å². The molecule has 2 nitrogen and oxygen atoms in total. The zero-order valence-electron chi connectivity index (χ0n) is 17.8. The fourth-order valence-electron chi connectivity index (χ4n) is 4.78. The summed E-state index contributed by atoms with van der Waals surface area (Å²) in [6, 6.07) is 37.5. The van der Waals surface area contributed by atoms with Crippen molar-refractivity contribution in [3.63, 3.8) is 0 Å². The van der Waals surface area contributed by atoms with E-state index in [0.29, 0.717) is 11.5 Å². The Bertz CT molecular complexity index is 1090. The number of aromatic hydroxyl groups is 2. The molecule has 31 heavy (non-hydrogen) atoms. The van der Waals surface area contributed by atoms with Gasteiger partial charge in [0.1, 0.15) is 11.5 Å². The molecule has 0 radical (unpaired) electrons. The van der Waals surface area contributed by atoms with Gasteiger partial charge >= 0.3 is 0 Å². The second-order valence-electron chi connectivity index (χ2n) is 8.02. The molecule has 4 aromatic carbocycles. The van der Waals surface area contributed by atoms with Crippen molar-refractivity contribution in [3.05, 3.63) is 115 Å². The van der Waals surface area contributed by atoms with E-state index in [4.69, 9.17) is 0 Å². The summed E-state index contributed by atoms with van der Waals surface area (Å²) < 4.78 is 0. The van der Waals surface area contributed by atoms with Gasteiger partial charge in [-0.3, -0.25) is 0 Å². The average molecular weight is 425 g/mol. The fraction of sp³-hybridized carbons (Fsp3) is 0.143. The summed E-state index contributed by atoms with van der Waals surface area (Å²) in [7, 11) is -2.62. The Kier molecular flexibility index (Phi) is 6.24. The molecular weight excluding hydrogens is 396 g/mol. The zero-order valence-corrected chi connectivity index (χ0v) is 18.8. The quantitative estimate of drug-likeness (QED) is 0.332. The highest BCUT2D eigenvalue weighted by atomic mass is 28.3. The van der Waals surface area contributed by atoms with Gasteiger partial charge in [-0.15, -0.1) is 0 Å². The third-order valence-electron chi connectivity index (χ3n) is 6.32. The third-order valence-corrected chi connectivity index (χ3v) is 11.4. The Morgan fingerprint density at radius 3 is 1.61 bits per heavy atom. The third kappa shape index (κ3) is 4.01. The fourth-order valence-corrected chi connectivity index (χ4v) is 10.1. The molecular formula is C28H28O2Si. The van der Waals surface area contributed by atoms with Crippen LogP contribution in [0.1, 0.15) is 24.8 Å². The van der Waals surface area contributed by atoms with E-state index in [9.17, 15) is 10.2 Å². The molecule has 2 N–H and O–H groups in total. The van der Waals surface area contributed by atoms with Crippen molar-refractivity contribution >= 4 is 23.6 Å². The number of benzene rings is 4. The Morgan fingerprint density at radius 1 is 0.613 bits per heavy atom. The van der Waals surface area contributed by atoms with Crippen molar-refractivity contribution in [1.82, 2.24) is 0 Å². The lowest BCUT2D eigenvalue weighted by Crippen LogP contribution is -2.67. The molecule has 0 aromatic heterocycles. The van der Waals surface area contributed by atoms with Crippen LogP contribution in [-0.4, -0.2) is 18.3 Å². The van der Waals surface area contributed by atoms with Gasteiger partial charge in [-0.1, -0.05) is 104 Å². The maximum Gasteiger partial charge on any atom is 0.153 e. The van der Waals surface area contributed by atoms with Gasteiger partial charge in [-0.25, -0.2) is 0 Å². The molecule has 0 aliphatic heterocycles. The minimum absolute atomic E-state index is 0.160. The first-order valence-corrected chi connectivity index (χ1v) is 13.0. The molecule has 0 fully saturated rings. The molecule has 1 unspecified atom stereocenters. The van der Waals surface area contributed by atoms with Crippen molar-refractivity contribution in [2.45, 2.75) is 25.3 Å². The van der Waals surface area contributed by atoms with Gasteiger partial charge in [-0.05, 0) is 51.6 Å². The van der Waals surface area contributed by atoms with Gasteiger partial charge in [0, 0.05) is 0 Å². The smallest absolute Gasteiger partial charge is 0.153 e. The number of hydrogen-bond donors (Lipinski definition) is 2. The molecule has 156 valence electrons. The Morgan fingerprint density at radius 2 is 1.10 bits per heavy atom. The molecule has 3 heteroatoms. The van der Waals surface area contributed by atoms with Crippen LogP contribution < -0.4 is 15.6 Å². The largest absolute Gasteiger partial charge is 0.508 e. The second kappa shape index (κ2) is 9.23. The first kappa shape index (κ1) is 20.9. The zero-order chi connectivity index (χ0) is 21.7. The monoisotopic (exact) mass is 424 g/mol. The van der Waals surface area contributed by atoms with Crippen LogP contribution >= 0.6 is 0 Å². The van der Waals surface area contributed by atoms with E-state index in [2.05, 4.69) is 61.5 Å². The summed E-state index contributed by atoms with van der Waals surface area (Å²) in [5.74, 6) is 0.845. The lowest BCUT2D eigenvalue weighted by molar-refractivity contribution is 0.461. The first-order valence-electron chi connectivity index (χ1n) is 10.8. The van der Waals surface area contributed by atoms with E-state index in [-0.39, 0.29) is 5.92 Å². The van der Waals surface area contributed by atoms with Crippen LogP contribution in [0.25, 0.3) is 0 Å².